The minimum absolute atomic E-state index is 0.651. The SMILES string of the molecule is CCc1ccc(OCC2CCNC2)nc1. The van der Waals surface area contributed by atoms with Crippen LogP contribution in [0.1, 0.15) is 18.9 Å². The van der Waals surface area contributed by atoms with Gasteiger partial charge in [0.15, 0.2) is 0 Å². The highest BCUT2D eigenvalue weighted by Crippen LogP contribution is 2.12. The van der Waals surface area contributed by atoms with E-state index in [0.717, 1.165) is 32.0 Å². The van der Waals surface area contributed by atoms with Gasteiger partial charge in [0.05, 0.1) is 6.61 Å². The fraction of sp³-hybridized carbons (Fsp3) is 0.583. The van der Waals surface area contributed by atoms with Crippen molar-refractivity contribution in [1.29, 1.82) is 0 Å². The Labute approximate surface area is 90.9 Å². The molecule has 2 heterocycles. The molecule has 0 aliphatic carbocycles. The second kappa shape index (κ2) is 5.12. The molecule has 0 spiro atoms. The van der Waals surface area contributed by atoms with Crippen LogP contribution in [0.25, 0.3) is 0 Å². The zero-order chi connectivity index (χ0) is 10.5. The van der Waals surface area contributed by atoms with E-state index in [1.165, 1.54) is 12.0 Å². The van der Waals surface area contributed by atoms with Crippen LogP contribution < -0.4 is 10.1 Å². The molecule has 0 saturated carbocycles. The van der Waals surface area contributed by atoms with Crippen LogP contribution in [-0.2, 0) is 6.42 Å². The Morgan fingerprint density at radius 3 is 3.07 bits per heavy atom. The number of nitrogens with one attached hydrogen (secondary N) is 1. The standard InChI is InChI=1S/C12H18N2O/c1-2-10-3-4-12(14-8-10)15-9-11-5-6-13-7-11/h3-4,8,11,13H,2,5-7,9H2,1H3. The largest absolute Gasteiger partial charge is 0.477 e. The molecule has 1 N–H and O–H groups in total. The van der Waals surface area contributed by atoms with Gasteiger partial charge in [-0.2, -0.15) is 0 Å². The molecule has 0 aromatic carbocycles. The summed E-state index contributed by atoms with van der Waals surface area (Å²) in [6.07, 6.45) is 4.13. The van der Waals surface area contributed by atoms with Crippen LogP contribution in [0.4, 0.5) is 0 Å². The lowest BCUT2D eigenvalue weighted by Gasteiger charge is -2.09. The minimum Gasteiger partial charge on any atom is -0.477 e. The van der Waals surface area contributed by atoms with E-state index in [2.05, 4.69) is 23.3 Å². The maximum Gasteiger partial charge on any atom is 0.213 e. The average molecular weight is 206 g/mol. The van der Waals surface area contributed by atoms with Gasteiger partial charge in [0.25, 0.3) is 0 Å². The summed E-state index contributed by atoms with van der Waals surface area (Å²) in [6.45, 7) is 5.11. The second-order valence-electron chi connectivity index (χ2n) is 4.03. The van der Waals surface area contributed by atoms with Crippen molar-refractivity contribution in [2.45, 2.75) is 19.8 Å². The van der Waals surface area contributed by atoms with Crippen molar-refractivity contribution in [1.82, 2.24) is 10.3 Å². The molecule has 1 aromatic heterocycles. The quantitative estimate of drug-likeness (QED) is 0.813. The molecule has 1 aliphatic rings. The fourth-order valence-corrected chi connectivity index (χ4v) is 1.77. The molecule has 0 radical (unpaired) electrons. The normalized spacial score (nSPS) is 20.5. The Bertz CT molecular complexity index is 291. The van der Waals surface area contributed by atoms with E-state index >= 15 is 0 Å². The smallest absolute Gasteiger partial charge is 0.213 e. The maximum atomic E-state index is 5.64. The van der Waals surface area contributed by atoms with Crippen LogP contribution >= 0.6 is 0 Å². The highest BCUT2D eigenvalue weighted by atomic mass is 16.5. The average Bonchev–Trinajstić information content (AvgIpc) is 2.80. The van der Waals surface area contributed by atoms with Crippen LogP contribution in [0.3, 0.4) is 0 Å². The van der Waals surface area contributed by atoms with Crippen LogP contribution in [-0.4, -0.2) is 24.7 Å². The zero-order valence-corrected chi connectivity index (χ0v) is 9.20. The molecular formula is C12H18N2O. The molecular weight excluding hydrogens is 188 g/mol. The van der Waals surface area contributed by atoms with Gasteiger partial charge in [0, 0.05) is 24.7 Å². The molecule has 1 atom stereocenters. The predicted octanol–water partition coefficient (Wildman–Crippen LogP) is 1.63. The Hall–Kier alpha value is -1.09. The molecule has 1 unspecified atom stereocenters. The van der Waals surface area contributed by atoms with Gasteiger partial charge in [0.1, 0.15) is 0 Å². The Morgan fingerprint density at radius 2 is 2.47 bits per heavy atom. The first-order valence-electron chi connectivity index (χ1n) is 5.67. The first-order chi connectivity index (χ1) is 7.38. The first-order valence-corrected chi connectivity index (χ1v) is 5.67. The second-order valence-corrected chi connectivity index (χ2v) is 4.03. The van der Waals surface area contributed by atoms with Crippen LogP contribution in [0.2, 0.25) is 0 Å². The molecule has 1 fully saturated rings. The van der Waals surface area contributed by atoms with Crippen molar-refractivity contribution in [3.63, 3.8) is 0 Å². The van der Waals surface area contributed by atoms with E-state index in [4.69, 9.17) is 4.74 Å². The number of nitrogens with zero attached hydrogens (tertiary/aromatic N) is 1. The topological polar surface area (TPSA) is 34.1 Å². The molecule has 3 nitrogen and oxygen atoms in total. The van der Waals surface area contributed by atoms with Crippen molar-refractivity contribution < 1.29 is 4.74 Å². The molecule has 2 rings (SSSR count). The van der Waals surface area contributed by atoms with Crippen molar-refractivity contribution in [3.8, 4) is 5.88 Å². The molecule has 15 heavy (non-hydrogen) atoms. The van der Waals surface area contributed by atoms with E-state index in [1.807, 2.05) is 12.3 Å². The number of hydrogen-bond acceptors (Lipinski definition) is 3. The van der Waals surface area contributed by atoms with Crippen molar-refractivity contribution in [3.05, 3.63) is 23.9 Å². The van der Waals surface area contributed by atoms with Gasteiger partial charge in [-0.15, -0.1) is 0 Å². The fourth-order valence-electron chi connectivity index (χ4n) is 1.77. The van der Waals surface area contributed by atoms with Gasteiger partial charge in [-0.25, -0.2) is 4.98 Å². The highest BCUT2D eigenvalue weighted by Gasteiger charge is 2.14. The third-order valence-electron chi connectivity index (χ3n) is 2.84. The van der Waals surface area contributed by atoms with Gasteiger partial charge in [-0.3, -0.25) is 0 Å². The Kier molecular flexibility index (Phi) is 3.56. The van der Waals surface area contributed by atoms with E-state index in [-0.39, 0.29) is 0 Å². The number of hydrogen-bond donors (Lipinski definition) is 1. The van der Waals surface area contributed by atoms with Crippen molar-refractivity contribution in [2.24, 2.45) is 5.92 Å². The summed E-state index contributed by atoms with van der Waals surface area (Å²) >= 11 is 0. The molecule has 82 valence electrons. The molecule has 0 bridgehead atoms. The molecule has 1 saturated heterocycles. The number of ether oxygens (including phenoxy) is 1. The van der Waals surface area contributed by atoms with Gasteiger partial charge in [-0.1, -0.05) is 13.0 Å². The van der Waals surface area contributed by atoms with Gasteiger partial charge in [-0.05, 0) is 24.9 Å². The summed E-state index contributed by atoms with van der Waals surface area (Å²) in [7, 11) is 0. The minimum atomic E-state index is 0.651. The monoisotopic (exact) mass is 206 g/mol. The van der Waals surface area contributed by atoms with Crippen molar-refractivity contribution in [2.75, 3.05) is 19.7 Å². The predicted molar refractivity (Wildman–Crippen MR) is 60.1 cm³/mol. The van der Waals surface area contributed by atoms with Gasteiger partial charge < -0.3 is 10.1 Å². The summed E-state index contributed by atoms with van der Waals surface area (Å²) in [6, 6.07) is 4.04. The van der Waals surface area contributed by atoms with Gasteiger partial charge >= 0.3 is 0 Å². The lowest BCUT2D eigenvalue weighted by molar-refractivity contribution is 0.251. The third-order valence-corrected chi connectivity index (χ3v) is 2.84. The zero-order valence-electron chi connectivity index (χ0n) is 9.20. The lowest BCUT2D eigenvalue weighted by atomic mass is 10.1. The van der Waals surface area contributed by atoms with E-state index in [1.54, 1.807) is 0 Å². The van der Waals surface area contributed by atoms with E-state index in [0.29, 0.717) is 5.92 Å². The number of pyridine rings is 1. The molecule has 1 aliphatic heterocycles. The summed E-state index contributed by atoms with van der Waals surface area (Å²) < 4.78 is 5.64. The summed E-state index contributed by atoms with van der Waals surface area (Å²) in [5.41, 5.74) is 1.25. The maximum absolute atomic E-state index is 5.64. The highest BCUT2D eigenvalue weighted by molar-refractivity contribution is 5.17. The number of rotatable bonds is 4. The van der Waals surface area contributed by atoms with Crippen LogP contribution in [0.15, 0.2) is 18.3 Å². The molecule has 0 amide bonds. The summed E-state index contributed by atoms with van der Waals surface area (Å²) in [5, 5.41) is 3.33. The van der Waals surface area contributed by atoms with Crippen LogP contribution in [0.5, 0.6) is 5.88 Å². The van der Waals surface area contributed by atoms with E-state index in [9.17, 15) is 0 Å². The lowest BCUT2D eigenvalue weighted by Crippen LogP contribution is -2.15. The third kappa shape index (κ3) is 2.93. The molecule has 1 aromatic rings. The van der Waals surface area contributed by atoms with Crippen molar-refractivity contribution >= 4 is 0 Å². The first kappa shape index (κ1) is 10.4. The Morgan fingerprint density at radius 1 is 1.53 bits per heavy atom. The van der Waals surface area contributed by atoms with E-state index < -0.39 is 0 Å². The summed E-state index contributed by atoms with van der Waals surface area (Å²) in [5.74, 6) is 1.40. The Balaban J connectivity index is 1.82. The number of aromatic nitrogens is 1. The molecule has 3 heteroatoms. The van der Waals surface area contributed by atoms with Gasteiger partial charge in [0.2, 0.25) is 5.88 Å². The summed E-state index contributed by atoms with van der Waals surface area (Å²) in [4.78, 5) is 4.27. The number of aryl methyl sites for hydroxylation is 1. The van der Waals surface area contributed by atoms with Crippen LogP contribution in [0, 0.1) is 5.92 Å².